The third-order valence-corrected chi connectivity index (χ3v) is 3.58. The molecule has 8 nitrogen and oxygen atoms in total. The van der Waals surface area contributed by atoms with Crippen molar-refractivity contribution in [2.75, 3.05) is 5.32 Å². The molecule has 1 aliphatic rings. The van der Waals surface area contributed by atoms with E-state index in [9.17, 15) is 10.1 Å². The van der Waals surface area contributed by atoms with Crippen molar-refractivity contribution in [2.45, 2.75) is 39.3 Å². The van der Waals surface area contributed by atoms with Crippen LogP contribution < -0.4 is 5.32 Å². The van der Waals surface area contributed by atoms with Crippen molar-refractivity contribution in [1.29, 1.82) is 0 Å². The van der Waals surface area contributed by atoms with Gasteiger partial charge in [-0.15, -0.1) is 10.2 Å². The normalized spacial score (nSPS) is 14.8. The van der Waals surface area contributed by atoms with Gasteiger partial charge in [0.25, 0.3) is 0 Å². The smallest absolute Gasteiger partial charge is 0.311 e. The van der Waals surface area contributed by atoms with E-state index in [4.69, 9.17) is 0 Å². The number of aromatic nitrogens is 4. The van der Waals surface area contributed by atoms with Crippen LogP contribution in [0.5, 0.6) is 0 Å². The first kappa shape index (κ1) is 13.5. The van der Waals surface area contributed by atoms with Gasteiger partial charge in [-0.25, -0.2) is 4.98 Å². The summed E-state index contributed by atoms with van der Waals surface area (Å²) in [4.78, 5) is 14.8. The largest absolute Gasteiger partial charge is 0.355 e. The highest BCUT2D eigenvalue weighted by Crippen LogP contribution is 2.27. The SMILES string of the molecule is Cc1cnc(N[C@@H](C)c2nnc3n2CCC3)c([N+](=O)[O-])c1. The maximum Gasteiger partial charge on any atom is 0.311 e. The van der Waals surface area contributed by atoms with E-state index in [0.717, 1.165) is 36.6 Å². The van der Waals surface area contributed by atoms with Crippen molar-refractivity contribution < 1.29 is 4.92 Å². The van der Waals surface area contributed by atoms with Crippen LogP contribution in [-0.2, 0) is 13.0 Å². The lowest BCUT2D eigenvalue weighted by Crippen LogP contribution is -2.15. The lowest BCUT2D eigenvalue weighted by molar-refractivity contribution is -0.384. The first-order chi connectivity index (χ1) is 10.1. The predicted molar refractivity (Wildman–Crippen MR) is 76.0 cm³/mol. The summed E-state index contributed by atoms with van der Waals surface area (Å²) in [7, 11) is 0. The Hall–Kier alpha value is -2.51. The molecule has 0 spiro atoms. The summed E-state index contributed by atoms with van der Waals surface area (Å²) >= 11 is 0. The van der Waals surface area contributed by atoms with E-state index in [1.807, 2.05) is 6.92 Å². The Bertz CT molecular complexity index is 696. The fourth-order valence-corrected chi connectivity index (χ4v) is 2.57. The van der Waals surface area contributed by atoms with Gasteiger partial charge in [0.1, 0.15) is 5.82 Å². The van der Waals surface area contributed by atoms with Crippen LogP contribution in [0.2, 0.25) is 0 Å². The number of nitrogens with one attached hydrogen (secondary N) is 1. The van der Waals surface area contributed by atoms with E-state index in [1.54, 1.807) is 13.1 Å². The predicted octanol–water partition coefficient (Wildman–Crippen LogP) is 2.01. The third kappa shape index (κ3) is 2.44. The first-order valence-electron chi connectivity index (χ1n) is 6.86. The van der Waals surface area contributed by atoms with E-state index in [-0.39, 0.29) is 17.5 Å². The van der Waals surface area contributed by atoms with Crippen molar-refractivity contribution in [3.05, 3.63) is 39.6 Å². The van der Waals surface area contributed by atoms with Crippen LogP contribution in [0.1, 0.15) is 36.6 Å². The summed E-state index contributed by atoms with van der Waals surface area (Å²) in [6, 6.07) is 1.31. The molecule has 2 aromatic heterocycles. The van der Waals surface area contributed by atoms with E-state index in [2.05, 4.69) is 25.1 Å². The highest BCUT2D eigenvalue weighted by molar-refractivity contribution is 5.57. The van der Waals surface area contributed by atoms with Crippen molar-refractivity contribution >= 4 is 11.5 Å². The van der Waals surface area contributed by atoms with Gasteiger partial charge >= 0.3 is 5.69 Å². The summed E-state index contributed by atoms with van der Waals surface area (Å²) in [6.45, 7) is 4.58. The molecule has 2 aromatic rings. The second kappa shape index (κ2) is 5.12. The van der Waals surface area contributed by atoms with E-state index in [1.165, 1.54) is 6.07 Å². The van der Waals surface area contributed by atoms with E-state index < -0.39 is 4.92 Å². The number of fused-ring (bicyclic) bond motifs is 1. The quantitative estimate of drug-likeness (QED) is 0.682. The fourth-order valence-electron chi connectivity index (χ4n) is 2.57. The van der Waals surface area contributed by atoms with Crippen LogP contribution in [0.4, 0.5) is 11.5 Å². The zero-order valence-corrected chi connectivity index (χ0v) is 11.9. The maximum absolute atomic E-state index is 11.1. The van der Waals surface area contributed by atoms with Crippen LogP contribution in [0.25, 0.3) is 0 Å². The highest BCUT2D eigenvalue weighted by Gasteiger charge is 2.24. The zero-order valence-electron chi connectivity index (χ0n) is 11.9. The Morgan fingerprint density at radius 3 is 3.05 bits per heavy atom. The molecule has 0 aromatic carbocycles. The Kier molecular flexibility index (Phi) is 3.28. The molecule has 0 saturated heterocycles. The summed E-state index contributed by atoms with van der Waals surface area (Å²) in [5.74, 6) is 2.03. The number of anilines is 1. The molecule has 0 radical (unpaired) electrons. The van der Waals surface area contributed by atoms with Gasteiger partial charge in [0.2, 0.25) is 5.82 Å². The Morgan fingerprint density at radius 2 is 2.29 bits per heavy atom. The molecule has 1 atom stereocenters. The van der Waals surface area contributed by atoms with Crippen LogP contribution in [0.15, 0.2) is 12.3 Å². The van der Waals surface area contributed by atoms with Crippen molar-refractivity contribution in [3.63, 3.8) is 0 Å². The topological polar surface area (TPSA) is 98.8 Å². The second-order valence-corrected chi connectivity index (χ2v) is 5.23. The molecule has 0 unspecified atom stereocenters. The van der Waals surface area contributed by atoms with Crippen LogP contribution >= 0.6 is 0 Å². The van der Waals surface area contributed by atoms with Crippen molar-refractivity contribution in [2.24, 2.45) is 0 Å². The summed E-state index contributed by atoms with van der Waals surface area (Å²) in [5.41, 5.74) is 0.728. The number of aryl methyl sites for hydroxylation is 2. The molecule has 0 amide bonds. The molecular formula is C13H16N6O2. The molecule has 8 heteroatoms. The summed E-state index contributed by atoms with van der Waals surface area (Å²) < 4.78 is 2.07. The molecule has 0 bridgehead atoms. The molecule has 3 rings (SSSR count). The average Bonchev–Trinajstić information content (AvgIpc) is 3.02. The minimum absolute atomic E-state index is 0.0250. The number of hydrogen-bond acceptors (Lipinski definition) is 6. The summed E-state index contributed by atoms with van der Waals surface area (Å²) in [5, 5.41) is 22.5. The summed E-state index contributed by atoms with van der Waals surface area (Å²) in [6.07, 6.45) is 3.60. The van der Waals surface area contributed by atoms with Gasteiger partial charge in [0.15, 0.2) is 5.82 Å². The monoisotopic (exact) mass is 288 g/mol. The molecule has 0 saturated carbocycles. The number of nitrogens with zero attached hydrogens (tertiary/aromatic N) is 5. The van der Waals surface area contributed by atoms with Crippen LogP contribution in [-0.4, -0.2) is 24.7 Å². The Labute approximate surface area is 121 Å². The maximum atomic E-state index is 11.1. The molecule has 110 valence electrons. The zero-order chi connectivity index (χ0) is 15.0. The minimum atomic E-state index is -0.427. The molecular weight excluding hydrogens is 272 g/mol. The molecule has 0 aliphatic carbocycles. The number of hydrogen-bond donors (Lipinski definition) is 1. The standard InChI is InChI=1S/C13H16N6O2/c1-8-6-10(19(20)21)12(14-7-8)15-9(2)13-17-16-11-4-3-5-18(11)13/h6-7,9H,3-5H2,1-2H3,(H,14,15)/t9-/m0/s1. The van der Waals surface area contributed by atoms with Gasteiger partial charge in [-0.05, 0) is 25.8 Å². The van der Waals surface area contributed by atoms with Crippen molar-refractivity contribution in [1.82, 2.24) is 19.7 Å². The molecule has 0 fully saturated rings. The van der Waals surface area contributed by atoms with Gasteiger partial charge in [0, 0.05) is 25.2 Å². The Morgan fingerprint density at radius 1 is 1.48 bits per heavy atom. The molecule has 1 aliphatic heterocycles. The first-order valence-corrected chi connectivity index (χ1v) is 6.86. The lowest BCUT2D eigenvalue weighted by Gasteiger charge is -2.14. The fraction of sp³-hybridized carbons (Fsp3) is 0.462. The molecule has 21 heavy (non-hydrogen) atoms. The minimum Gasteiger partial charge on any atom is -0.355 e. The average molecular weight is 288 g/mol. The number of nitro groups is 1. The molecule has 1 N–H and O–H groups in total. The van der Waals surface area contributed by atoms with Gasteiger partial charge < -0.3 is 9.88 Å². The van der Waals surface area contributed by atoms with Gasteiger partial charge in [-0.2, -0.15) is 0 Å². The highest BCUT2D eigenvalue weighted by atomic mass is 16.6. The van der Waals surface area contributed by atoms with E-state index >= 15 is 0 Å². The van der Waals surface area contributed by atoms with Crippen molar-refractivity contribution in [3.8, 4) is 0 Å². The number of pyridine rings is 1. The van der Waals surface area contributed by atoms with Crippen LogP contribution in [0.3, 0.4) is 0 Å². The van der Waals surface area contributed by atoms with Crippen LogP contribution in [0, 0.1) is 17.0 Å². The Balaban J connectivity index is 1.88. The van der Waals surface area contributed by atoms with Gasteiger partial charge in [-0.1, -0.05) is 0 Å². The van der Waals surface area contributed by atoms with Gasteiger partial charge in [-0.3, -0.25) is 10.1 Å². The number of rotatable bonds is 4. The third-order valence-electron chi connectivity index (χ3n) is 3.58. The lowest BCUT2D eigenvalue weighted by atomic mass is 10.2. The molecule has 3 heterocycles. The van der Waals surface area contributed by atoms with E-state index in [0.29, 0.717) is 0 Å². The second-order valence-electron chi connectivity index (χ2n) is 5.23. The van der Waals surface area contributed by atoms with Gasteiger partial charge in [0.05, 0.1) is 11.0 Å².